The van der Waals surface area contributed by atoms with Gasteiger partial charge in [-0.05, 0) is 31.4 Å². The molecule has 24 heavy (non-hydrogen) atoms. The zero-order chi connectivity index (χ0) is 18.0. The van der Waals surface area contributed by atoms with Gasteiger partial charge in [-0.1, -0.05) is 26.0 Å². The lowest BCUT2D eigenvalue weighted by molar-refractivity contribution is -0.125. The van der Waals surface area contributed by atoms with Crippen LogP contribution in [0, 0.1) is 0 Å². The van der Waals surface area contributed by atoms with E-state index in [4.69, 9.17) is 6.11 Å². The van der Waals surface area contributed by atoms with Gasteiger partial charge in [0.25, 0.3) is 11.8 Å². The number of nitrogens with zero attached hydrogens (tertiary/aromatic N) is 1. The number of hydrogen-bond donors (Lipinski definition) is 1. The Balaban J connectivity index is 1.84. The normalized spacial score (nSPS) is 20.8. The Morgan fingerprint density at radius 1 is 1.38 bits per heavy atom. The molecule has 2 aliphatic heterocycles. The lowest BCUT2D eigenvalue weighted by Crippen LogP contribution is -2.51. The highest BCUT2D eigenvalue weighted by atomic mass is 16.5. The van der Waals surface area contributed by atoms with Crippen LogP contribution in [-0.4, -0.2) is 35.3 Å². The summed E-state index contributed by atoms with van der Waals surface area (Å²) in [6.45, 7) is 4.41. The first-order valence-corrected chi connectivity index (χ1v) is 7.96. The minimum atomic E-state index is -0.825. The molecule has 3 rings (SSSR count). The molecule has 1 aromatic rings. The average molecular weight is 330 g/mol. The van der Waals surface area contributed by atoms with E-state index in [9.17, 15) is 14.4 Å². The average Bonchev–Trinajstić information content (AvgIpc) is 2.84. The van der Waals surface area contributed by atoms with Crippen molar-refractivity contribution in [2.75, 3.05) is 6.61 Å². The lowest BCUT2D eigenvalue weighted by Gasteiger charge is -2.29. The summed E-state index contributed by atoms with van der Waals surface area (Å²) in [5.74, 6) is -0.999. The van der Waals surface area contributed by atoms with E-state index in [1.165, 1.54) is 0 Å². The second-order valence-electron chi connectivity index (χ2n) is 5.86. The van der Waals surface area contributed by atoms with Gasteiger partial charge in [-0.15, -0.1) is 0 Å². The molecule has 1 fully saturated rings. The van der Waals surface area contributed by atoms with Gasteiger partial charge in [0.05, 0.1) is 17.7 Å². The van der Waals surface area contributed by atoms with Crippen LogP contribution >= 0.6 is 0 Å². The smallest absolute Gasteiger partial charge is 0.266 e. The van der Waals surface area contributed by atoms with Crippen molar-refractivity contribution in [3.8, 4) is 5.75 Å². The Kier molecular flexibility index (Phi) is 4.02. The van der Waals surface area contributed by atoms with Crippen molar-refractivity contribution in [3.05, 3.63) is 41.6 Å². The number of carbonyl (C=O) groups is 3. The van der Waals surface area contributed by atoms with Crippen molar-refractivity contribution in [2.45, 2.75) is 38.6 Å². The fraction of sp³-hybridized carbons (Fsp3) is 0.389. The molecule has 0 radical (unpaired) electrons. The predicted molar refractivity (Wildman–Crippen MR) is 87.6 cm³/mol. The highest BCUT2D eigenvalue weighted by Crippen LogP contribution is 2.34. The van der Waals surface area contributed by atoms with E-state index in [0.29, 0.717) is 50.6 Å². The SMILES string of the molecule is [3H]CCCCOc1cccc2c1C(=O)N(C1CCC(=C)NC1=O)C2=O. The number of ether oxygens (including phenoxy) is 1. The number of rotatable bonds is 5. The minimum Gasteiger partial charge on any atom is -0.493 e. The maximum atomic E-state index is 12.8. The van der Waals surface area contributed by atoms with Crippen LogP contribution < -0.4 is 10.1 Å². The van der Waals surface area contributed by atoms with Gasteiger partial charge in [0.15, 0.2) is 0 Å². The van der Waals surface area contributed by atoms with Gasteiger partial charge in [-0.25, -0.2) is 0 Å². The van der Waals surface area contributed by atoms with Gasteiger partial charge < -0.3 is 10.1 Å². The van der Waals surface area contributed by atoms with Crippen LogP contribution in [0.5, 0.6) is 5.75 Å². The summed E-state index contributed by atoms with van der Waals surface area (Å²) in [4.78, 5) is 38.7. The van der Waals surface area contributed by atoms with Crippen LogP contribution in [0.2, 0.25) is 0 Å². The molecule has 0 saturated carbocycles. The summed E-state index contributed by atoms with van der Waals surface area (Å²) in [6, 6.07) is 4.06. The molecule has 0 aromatic heterocycles. The van der Waals surface area contributed by atoms with E-state index in [1.807, 2.05) is 0 Å². The summed E-state index contributed by atoms with van der Waals surface area (Å²) < 4.78 is 12.8. The van der Waals surface area contributed by atoms with Crippen LogP contribution in [0.3, 0.4) is 0 Å². The molecule has 1 saturated heterocycles. The summed E-state index contributed by atoms with van der Waals surface area (Å²) in [6.07, 6.45) is 2.31. The van der Waals surface area contributed by atoms with Crippen LogP contribution in [-0.2, 0) is 4.79 Å². The van der Waals surface area contributed by atoms with E-state index >= 15 is 0 Å². The number of unbranched alkanes of at least 4 members (excludes halogenated alkanes) is 1. The number of piperidine rings is 1. The number of fused-ring (bicyclic) bond motifs is 1. The van der Waals surface area contributed by atoms with Gasteiger partial charge in [0.1, 0.15) is 11.8 Å². The molecule has 1 atom stereocenters. The van der Waals surface area contributed by atoms with Crippen molar-refractivity contribution in [3.63, 3.8) is 0 Å². The molecule has 1 N–H and O–H groups in total. The lowest BCUT2D eigenvalue weighted by atomic mass is 10.0. The van der Waals surface area contributed by atoms with Crippen LogP contribution in [0.1, 0.15) is 54.7 Å². The molecule has 1 aromatic carbocycles. The highest BCUT2D eigenvalue weighted by molar-refractivity contribution is 6.24. The standard InChI is InChI=1S/C18H20N2O4/c1-3-4-10-24-14-7-5-6-12-15(14)18(23)20(17(12)22)13-9-8-11(2)19-16(13)21/h5-7,13H,2-4,8-10H2,1H3,(H,19,21)/i1T. The van der Waals surface area contributed by atoms with Gasteiger partial charge >= 0.3 is 0 Å². The first kappa shape index (κ1) is 14.9. The number of nitrogens with one attached hydrogen (secondary N) is 1. The zero-order valence-corrected chi connectivity index (χ0v) is 13.3. The van der Waals surface area contributed by atoms with Crippen molar-refractivity contribution < 1.29 is 20.5 Å². The van der Waals surface area contributed by atoms with Crippen molar-refractivity contribution >= 4 is 17.7 Å². The third kappa shape index (κ3) is 2.68. The molecule has 3 amide bonds. The second kappa shape index (κ2) is 6.47. The van der Waals surface area contributed by atoms with Gasteiger partial charge in [-0.2, -0.15) is 0 Å². The molecule has 0 bridgehead atoms. The van der Waals surface area contributed by atoms with Crippen molar-refractivity contribution in [1.82, 2.24) is 10.2 Å². The first-order valence-electron chi connectivity index (χ1n) is 8.67. The number of hydrogen-bond acceptors (Lipinski definition) is 4. The fourth-order valence-electron chi connectivity index (χ4n) is 2.97. The number of imide groups is 1. The maximum Gasteiger partial charge on any atom is 0.266 e. The molecular formula is C18H20N2O4. The minimum absolute atomic E-state index is 0.218. The summed E-state index contributed by atoms with van der Waals surface area (Å²) >= 11 is 0. The number of benzene rings is 1. The largest absolute Gasteiger partial charge is 0.493 e. The third-order valence-electron chi connectivity index (χ3n) is 4.19. The molecule has 0 spiro atoms. The summed E-state index contributed by atoms with van der Waals surface area (Å²) in [5, 5.41) is 2.61. The summed E-state index contributed by atoms with van der Waals surface area (Å²) in [5.41, 5.74) is 1.08. The van der Waals surface area contributed by atoms with Gasteiger partial charge in [0.2, 0.25) is 5.91 Å². The van der Waals surface area contributed by atoms with Crippen LogP contribution in [0.4, 0.5) is 0 Å². The second-order valence-corrected chi connectivity index (χ2v) is 5.86. The Hall–Kier alpha value is -2.63. The number of amides is 3. The molecule has 126 valence electrons. The Morgan fingerprint density at radius 2 is 2.21 bits per heavy atom. The number of allylic oxidation sites excluding steroid dienone is 1. The molecule has 2 heterocycles. The third-order valence-corrected chi connectivity index (χ3v) is 4.19. The first-order chi connectivity index (χ1) is 12.0. The predicted octanol–water partition coefficient (Wildman–Crippen LogP) is 2.25. The molecule has 6 heteroatoms. The Labute approximate surface area is 141 Å². The van der Waals surface area contributed by atoms with Gasteiger partial charge in [0, 0.05) is 7.07 Å². The quantitative estimate of drug-likeness (QED) is 0.664. The topological polar surface area (TPSA) is 75.7 Å². The number of carbonyl (C=O) groups excluding carboxylic acids is 3. The van der Waals surface area contributed by atoms with Crippen LogP contribution in [0.15, 0.2) is 30.5 Å². The van der Waals surface area contributed by atoms with E-state index in [-0.39, 0.29) is 17.0 Å². The zero-order valence-electron chi connectivity index (χ0n) is 14.3. The van der Waals surface area contributed by atoms with Crippen molar-refractivity contribution in [1.29, 1.82) is 0 Å². The Bertz CT molecular complexity index is 747. The molecule has 2 aliphatic rings. The molecule has 1 unspecified atom stereocenters. The molecule has 6 nitrogen and oxygen atoms in total. The van der Waals surface area contributed by atoms with Crippen molar-refractivity contribution in [2.24, 2.45) is 0 Å². The highest BCUT2D eigenvalue weighted by Gasteiger charge is 2.45. The van der Waals surface area contributed by atoms with E-state index in [0.717, 1.165) is 4.90 Å². The monoisotopic (exact) mass is 330 g/mol. The fourth-order valence-corrected chi connectivity index (χ4v) is 2.97. The summed E-state index contributed by atoms with van der Waals surface area (Å²) in [7, 11) is 0. The van der Waals surface area contributed by atoms with E-state index in [1.54, 1.807) is 18.2 Å². The maximum absolute atomic E-state index is 12.8. The Morgan fingerprint density at radius 3 is 2.96 bits per heavy atom. The van der Waals surface area contributed by atoms with E-state index in [2.05, 4.69) is 11.9 Å². The van der Waals surface area contributed by atoms with E-state index < -0.39 is 17.9 Å². The van der Waals surface area contributed by atoms with Crippen LogP contribution in [0.25, 0.3) is 0 Å². The van der Waals surface area contributed by atoms with Gasteiger partial charge in [-0.3, -0.25) is 19.3 Å². The molecule has 0 aliphatic carbocycles. The molecular weight excluding hydrogens is 308 g/mol.